The number of hydrogen-bond acceptors (Lipinski definition) is 5. The van der Waals surface area contributed by atoms with Crippen LogP contribution < -0.4 is 19.9 Å². The quantitative estimate of drug-likeness (QED) is 0.758. The van der Waals surface area contributed by atoms with E-state index >= 15 is 0 Å². The van der Waals surface area contributed by atoms with Crippen molar-refractivity contribution in [2.75, 3.05) is 13.2 Å². The SMILES string of the molecule is CC(NC(=O)c1cc(S(N)(=O)=O)ccc1Br)c1ccc2c(c1)OCCO2. The first-order valence-corrected chi connectivity index (χ1v) is 10.1. The number of carbonyl (C=O) groups is 1. The summed E-state index contributed by atoms with van der Waals surface area (Å²) in [6, 6.07) is 9.17. The van der Waals surface area contributed by atoms with Crippen molar-refractivity contribution in [3.05, 3.63) is 52.0 Å². The minimum atomic E-state index is -3.90. The fraction of sp³-hybridized carbons (Fsp3) is 0.235. The number of primary sulfonamides is 1. The van der Waals surface area contributed by atoms with Crippen molar-refractivity contribution >= 4 is 31.9 Å². The van der Waals surface area contributed by atoms with Gasteiger partial charge in [0.15, 0.2) is 11.5 Å². The second-order valence-corrected chi connectivity index (χ2v) is 8.20. The molecule has 1 atom stereocenters. The van der Waals surface area contributed by atoms with Gasteiger partial charge in [0.1, 0.15) is 13.2 Å². The minimum Gasteiger partial charge on any atom is -0.486 e. The third kappa shape index (κ3) is 4.00. The van der Waals surface area contributed by atoms with Gasteiger partial charge in [0.05, 0.1) is 16.5 Å². The Morgan fingerprint density at radius 1 is 1.15 bits per heavy atom. The molecule has 1 heterocycles. The van der Waals surface area contributed by atoms with Gasteiger partial charge in [0.2, 0.25) is 10.0 Å². The van der Waals surface area contributed by atoms with E-state index in [-0.39, 0.29) is 16.5 Å². The highest BCUT2D eigenvalue weighted by Crippen LogP contribution is 2.32. The largest absolute Gasteiger partial charge is 0.486 e. The van der Waals surface area contributed by atoms with Gasteiger partial charge in [-0.2, -0.15) is 0 Å². The minimum absolute atomic E-state index is 0.127. The van der Waals surface area contributed by atoms with Crippen molar-refractivity contribution in [3.8, 4) is 11.5 Å². The van der Waals surface area contributed by atoms with E-state index in [9.17, 15) is 13.2 Å². The van der Waals surface area contributed by atoms with Crippen LogP contribution in [0.3, 0.4) is 0 Å². The molecule has 3 rings (SSSR count). The summed E-state index contributed by atoms with van der Waals surface area (Å²) in [4.78, 5) is 12.5. The molecule has 0 fully saturated rings. The predicted octanol–water partition coefficient (Wildman–Crippen LogP) is 2.36. The first-order chi connectivity index (χ1) is 12.3. The molecule has 26 heavy (non-hydrogen) atoms. The molecule has 1 aliphatic rings. The molecular formula is C17H17BrN2O5S. The van der Waals surface area contributed by atoms with Gasteiger partial charge in [-0.05, 0) is 58.7 Å². The third-order valence-corrected chi connectivity index (χ3v) is 5.53. The van der Waals surface area contributed by atoms with Crippen molar-refractivity contribution < 1.29 is 22.7 Å². The molecule has 1 unspecified atom stereocenters. The lowest BCUT2D eigenvalue weighted by molar-refractivity contribution is 0.0938. The summed E-state index contributed by atoms with van der Waals surface area (Å²) < 4.78 is 34.5. The Labute approximate surface area is 159 Å². The molecular weight excluding hydrogens is 424 g/mol. The highest BCUT2D eigenvalue weighted by molar-refractivity contribution is 9.10. The van der Waals surface area contributed by atoms with Gasteiger partial charge in [0, 0.05) is 4.47 Å². The maximum atomic E-state index is 12.6. The van der Waals surface area contributed by atoms with E-state index in [0.717, 1.165) is 5.56 Å². The fourth-order valence-electron chi connectivity index (χ4n) is 2.54. The van der Waals surface area contributed by atoms with Crippen molar-refractivity contribution in [2.24, 2.45) is 5.14 Å². The van der Waals surface area contributed by atoms with E-state index in [1.54, 1.807) is 6.07 Å². The van der Waals surface area contributed by atoms with Crippen molar-refractivity contribution in [1.29, 1.82) is 0 Å². The Hall–Kier alpha value is -2.10. The summed E-state index contributed by atoms with van der Waals surface area (Å²) in [5, 5.41) is 7.97. The van der Waals surface area contributed by atoms with E-state index in [1.807, 2.05) is 19.1 Å². The molecule has 0 spiro atoms. The molecule has 7 nitrogen and oxygen atoms in total. The lowest BCUT2D eigenvalue weighted by Crippen LogP contribution is -2.27. The number of benzene rings is 2. The second kappa shape index (κ2) is 7.26. The summed E-state index contributed by atoms with van der Waals surface area (Å²) in [6.07, 6.45) is 0. The fourth-order valence-corrected chi connectivity index (χ4v) is 3.51. The first kappa shape index (κ1) is 18.7. The number of ether oxygens (including phenoxy) is 2. The molecule has 0 aliphatic carbocycles. The number of fused-ring (bicyclic) bond motifs is 1. The van der Waals surface area contributed by atoms with Gasteiger partial charge in [-0.1, -0.05) is 6.07 Å². The molecule has 0 saturated carbocycles. The molecule has 0 bridgehead atoms. The van der Waals surface area contributed by atoms with Gasteiger partial charge >= 0.3 is 0 Å². The lowest BCUT2D eigenvalue weighted by Gasteiger charge is -2.21. The van der Waals surface area contributed by atoms with E-state index < -0.39 is 15.9 Å². The van der Waals surface area contributed by atoms with Crippen molar-refractivity contribution in [1.82, 2.24) is 5.32 Å². The smallest absolute Gasteiger partial charge is 0.252 e. The van der Waals surface area contributed by atoms with Gasteiger partial charge in [-0.15, -0.1) is 0 Å². The summed E-state index contributed by atoms with van der Waals surface area (Å²) in [6.45, 7) is 2.80. The standard InChI is InChI=1S/C17H17BrN2O5S/c1-10(11-2-5-15-16(8-11)25-7-6-24-15)20-17(21)13-9-12(26(19,22)23)3-4-14(13)18/h2-5,8-10H,6-7H2,1H3,(H,20,21)(H2,19,22,23). The lowest BCUT2D eigenvalue weighted by atomic mass is 10.1. The van der Waals surface area contributed by atoms with Crippen LogP contribution in [0.4, 0.5) is 0 Å². The number of nitrogens with one attached hydrogen (secondary N) is 1. The third-order valence-electron chi connectivity index (χ3n) is 3.92. The average molecular weight is 441 g/mol. The maximum absolute atomic E-state index is 12.6. The number of nitrogens with two attached hydrogens (primary N) is 1. The Bertz CT molecular complexity index is 962. The van der Waals surface area contributed by atoms with Crippen LogP contribution in [0.2, 0.25) is 0 Å². The molecule has 1 aliphatic heterocycles. The summed E-state index contributed by atoms with van der Waals surface area (Å²) in [5.74, 6) is 0.874. The van der Waals surface area contributed by atoms with E-state index in [0.29, 0.717) is 29.2 Å². The molecule has 2 aromatic carbocycles. The molecule has 2 aromatic rings. The number of amides is 1. The van der Waals surface area contributed by atoms with Crippen LogP contribution in [-0.4, -0.2) is 27.5 Å². The molecule has 138 valence electrons. The second-order valence-electron chi connectivity index (χ2n) is 5.78. The predicted molar refractivity (Wildman–Crippen MR) is 98.8 cm³/mol. The topological polar surface area (TPSA) is 108 Å². The molecule has 0 saturated heterocycles. The van der Waals surface area contributed by atoms with Gasteiger partial charge < -0.3 is 14.8 Å². The Morgan fingerprint density at radius 2 is 1.85 bits per heavy atom. The number of halogens is 1. The summed E-state index contributed by atoms with van der Waals surface area (Å²) >= 11 is 3.26. The summed E-state index contributed by atoms with van der Waals surface area (Å²) in [5.41, 5.74) is 1.02. The zero-order chi connectivity index (χ0) is 18.9. The van der Waals surface area contributed by atoms with Crippen LogP contribution in [-0.2, 0) is 10.0 Å². The number of rotatable bonds is 4. The highest BCUT2D eigenvalue weighted by atomic mass is 79.9. The normalized spacial score (nSPS) is 14.6. The van der Waals surface area contributed by atoms with Crippen LogP contribution in [0.15, 0.2) is 45.8 Å². The van der Waals surface area contributed by atoms with Gasteiger partial charge in [-0.3, -0.25) is 4.79 Å². The zero-order valence-corrected chi connectivity index (χ0v) is 16.3. The van der Waals surface area contributed by atoms with Crippen LogP contribution >= 0.6 is 15.9 Å². The Balaban J connectivity index is 1.81. The molecule has 9 heteroatoms. The molecule has 1 amide bonds. The van der Waals surface area contributed by atoms with Crippen LogP contribution in [0.25, 0.3) is 0 Å². The van der Waals surface area contributed by atoms with Crippen LogP contribution in [0.1, 0.15) is 28.9 Å². The Morgan fingerprint density at radius 3 is 2.54 bits per heavy atom. The number of sulfonamides is 1. The van der Waals surface area contributed by atoms with Crippen molar-refractivity contribution in [3.63, 3.8) is 0 Å². The molecule has 3 N–H and O–H groups in total. The van der Waals surface area contributed by atoms with Crippen LogP contribution in [0.5, 0.6) is 11.5 Å². The first-order valence-electron chi connectivity index (χ1n) is 7.78. The highest BCUT2D eigenvalue weighted by Gasteiger charge is 2.19. The average Bonchev–Trinajstić information content (AvgIpc) is 2.60. The van der Waals surface area contributed by atoms with E-state index in [2.05, 4.69) is 21.2 Å². The van der Waals surface area contributed by atoms with E-state index in [4.69, 9.17) is 14.6 Å². The Kier molecular flexibility index (Phi) is 5.22. The van der Waals surface area contributed by atoms with Gasteiger partial charge in [-0.25, -0.2) is 13.6 Å². The number of carbonyl (C=O) groups excluding carboxylic acids is 1. The molecule has 0 aromatic heterocycles. The number of hydrogen-bond donors (Lipinski definition) is 2. The maximum Gasteiger partial charge on any atom is 0.252 e. The summed E-state index contributed by atoms with van der Waals surface area (Å²) in [7, 11) is -3.90. The zero-order valence-electron chi connectivity index (χ0n) is 13.9. The van der Waals surface area contributed by atoms with Gasteiger partial charge in [0.25, 0.3) is 5.91 Å². The van der Waals surface area contributed by atoms with Crippen molar-refractivity contribution in [2.45, 2.75) is 17.9 Å². The van der Waals surface area contributed by atoms with Crippen LogP contribution in [0, 0.1) is 0 Å². The molecule has 0 radical (unpaired) electrons. The monoisotopic (exact) mass is 440 g/mol. The van der Waals surface area contributed by atoms with E-state index in [1.165, 1.54) is 18.2 Å².